The van der Waals surface area contributed by atoms with Crippen molar-refractivity contribution in [3.8, 4) is 0 Å². The Hall–Kier alpha value is 0.100. The predicted molar refractivity (Wildman–Crippen MR) is 97.0 cm³/mol. The molecule has 0 bridgehead atoms. The maximum absolute atomic E-state index is 3.61. The molecule has 0 atom stereocenters. The molecule has 0 spiro atoms. The molecule has 1 heterocycles. The molecule has 4 heteroatoms. The van der Waals surface area contributed by atoms with Crippen molar-refractivity contribution in [2.75, 3.05) is 26.7 Å². The first-order valence-corrected chi connectivity index (χ1v) is 9.82. The van der Waals surface area contributed by atoms with Gasteiger partial charge in [0, 0.05) is 19.6 Å². The Morgan fingerprint density at radius 1 is 1.43 bits per heavy atom. The molecule has 1 aromatic heterocycles. The minimum absolute atomic E-state index is 0.477. The summed E-state index contributed by atoms with van der Waals surface area (Å²) in [6, 6.07) is 2.25. The van der Waals surface area contributed by atoms with Gasteiger partial charge >= 0.3 is 0 Å². The molecule has 1 aromatic rings. The van der Waals surface area contributed by atoms with Crippen LogP contribution in [0.5, 0.6) is 0 Å². The lowest BCUT2D eigenvalue weighted by molar-refractivity contribution is 0.0964. The van der Waals surface area contributed by atoms with Crippen LogP contribution in [-0.4, -0.2) is 31.6 Å². The van der Waals surface area contributed by atoms with Gasteiger partial charge in [-0.3, -0.25) is 0 Å². The lowest BCUT2D eigenvalue weighted by Gasteiger charge is -2.42. The number of thiophene rings is 1. The van der Waals surface area contributed by atoms with Gasteiger partial charge < -0.3 is 10.2 Å². The fourth-order valence-corrected chi connectivity index (χ4v) is 4.72. The van der Waals surface area contributed by atoms with Crippen molar-refractivity contribution in [3.05, 3.63) is 20.8 Å². The van der Waals surface area contributed by atoms with Crippen LogP contribution >= 0.6 is 27.3 Å². The first-order chi connectivity index (χ1) is 10.0. The molecule has 1 N–H and O–H groups in total. The number of hydrogen-bond donors (Lipinski definition) is 1. The number of nitrogens with zero attached hydrogens (tertiary/aromatic N) is 1. The molecule has 1 aliphatic carbocycles. The molecule has 1 fully saturated rings. The second-order valence-electron chi connectivity index (χ2n) is 6.89. The Kier molecular flexibility index (Phi) is 6.73. The largest absolute Gasteiger partial charge is 0.316 e. The van der Waals surface area contributed by atoms with Gasteiger partial charge in [-0.15, -0.1) is 11.3 Å². The van der Waals surface area contributed by atoms with Gasteiger partial charge in [0.25, 0.3) is 0 Å². The Morgan fingerprint density at radius 2 is 2.14 bits per heavy atom. The normalized spacial score (nSPS) is 26.4. The van der Waals surface area contributed by atoms with Crippen molar-refractivity contribution < 1.29 is 0 Å². The van der Waals surface area contributed by atoms with Crippen LogP contribution in [0.1, 0.15) is 45.1 Å². The lowest BCUT2D eigenvalue weighted by Crippen LogP contribution is -2.45. The van der Waals surface area contributed by atoms with E-state index >= 15 is 0 Å². The molecule has 0 amide bonds. The second-order valence-corrected chi connectivity index (χ2v) is 9.18. The zero-order chi connectivity index (χ0) is 15.3. The van der Waals surface area contributed by atoms with Crippen LogP contribution in [-0.2, 0) is 6.54 Å². The Morgan fingerprint density at radius 3 is 2.71 bits per heavy atom. The third-order valence-corrected chi connectivity index (χ3v) is 6.32. The summed E-state index contributed by atoms with van der Waals surface area (Å²) in [5.41, 5.74) is 1.90. The molecular formula is C17H29BrN2S. The van der Waals surface area contributed by atoms with Crippen molar-refractivity contribution >= 4 is 27.3 Å². The van der Waals surface area contributed by atoms with E-state index < -0.39 is 0 Å². The van der Waals surface area contributed by atoms with Crippen molar-refractivity contribution in [2.45, 2.75) is 46.1 Å². The van der Waals surface area contributed by atoms with E-state index in [0.29, 0.717) is 5.41 Å². The van der Waals surface area contributed by atoms with Crippen molar-refractivity contribution in [3.63, 3.8) is 0 Å². The third kappa shape index (κ3) is 5.34. The molecule has 2 nitrogen and oxygen atoms in total. The molecule has 0 aromatic carbocycles. The zero-order valence-electron chi connectivity index (χ0n) is 13.6. The quantitative estimate of drug-likeness (QED) is 0.742. The molecule has 1 aliphatic rings. The van der Waals surface area contributed by atoms with Crippen LogP contribution in [0.3, 0.4) is 0 Å². The summed E-state index contributed by atoms with van der Waals surface area (Å²) < 4.78 is 1.24. The Bertz CT molecular complexity index is 419. The maximum atomic E-state index is 3.61. The van der Waals surface area contributed by atoms with Crippen LogP contribution in [0, 0.1) is 11.3 Å². The highest BCUT2D eigenvalue weighted by Gasteiger charge is 2.34. The number of rotatable bonds is 7. The summed E-state index contributed by atoms with van der Waals surface area (Å²) >= 11 is 5.35. The van der Waals surface area contributed by atoms with Gasteiger partial charge in [0.05, 0.1) is 3.79 Å². The van der Waals surface area contributed by atoms with E-state index in [2.05, 4.69) is 58.5 Å². The van der Waals surface area contributed by atoms with E-state index in [-0.39, 0.29) is 0 Å². The van der Waals surface area contributed by atoms with Crippen molar-refractivity contribution in [2.24, 2.45) is 11.3 Å². The SMILES string of the molecule is CCNCC1(CN(C)Cc2csc(Br)c2)CCC(C)CC1. The molecule has 0 radical (unpaired) electrons. The molecule has 2 rings (SSSR count). The van der Waals surface area contributed by atoms with E-state index in [0.717, 1.165) is 19.0 Å². The maximum Gasteiger partial charge on any atom is 0.0701 e. The summed E-state index contributed by atoms with van der Waals surface area (Å²) in [5.74, 6) is 0.915. The van der Waals surface area contributed by atoms with Crippen LogP contribution in [0.15, 0.2) is 15.2 Å². The standard InChI is InChI=1S/C17H29BrN2S/c1-4-19-12-17(7-5-14(2)6-8-17)13-20(3)10-15-9-16(18)21-11-15/h9,11,14,19H,4-8,10,12-13H2,1-3H3. The smallest absolute Gasteiger partial charge is 0.0701 e. The summed E-state index contributed by atoms with van der Waals surface area (Å²) in [5, 5.41) is 5.88. The highest BCUT2D eigenvalue weighted by atomic mass is 79.9. The molecular weight excluding hydrogens is 344 g/mol. The summed E-state index contributed by atoms with van der Waals surface area (Å²) in [7, 11) is 2.28. The summed E-state index contributed by atoms with van der Waals surface area (Å²) in [6.07, 6.45) is 5.53. The third-order valence-electron chi connectivity index (χ3n) is 4.76. The van der Waals surface area contributed by atoms with Crippen molar-refractivity contribution in [1.29, 1.82) is 0 Å². The summed E-state index contributed by atoms with van der Waals surface area (Å²) in [6.45, 7) is 9.15. The Balaban J connectivity index is 1.93. The number of nitrogens with one attached hydrogen (secondary N) is 1. The van der Waals surface area contributed by atoms with Gasteiger partial charge in [0.15, 0.2) is 0 Å². The average Bonchev–Trinajstić information content (AvgIpc) is 2.85. The van der Waals surface area contributed by atoms with Crippen LogP contribution in [0.4, 0.5) is 0 Å². The second kappa shape index (κ2) is 8.09. The lowest BCUT2D eigenvalue weighted by atomic mass is 9.70. The van der Waals surface area contributed by atoms with Crippen molar-refractivity contribution in [1.82, 2.24) is 10.2 Å². The van der Waals surface area contributed by atoms with Crippen LogP contribution in [0.25, 0.3) is 0 Å². The van der Waals surface area contributed by atoms with Crippen LogP contribution < -0.4 is 5.32 Å². The van der Waals surface area contributed by atoms with Gasteiger partial charge in [-0.25, -0.2) is 0 Å². The van der Waals surface area contributed by atoms with E-state index in [9.17, 15) is 0 Å². The highest BCUT2D eigenvalue weighted by molar-refractivity contribution is 9.11. The van der Waals surface area contributed by atoms with Gasteiger partial charge in [-0.2, -0.15) is 0 Å². The fraction of sp³-hybridized carbons (Fsp3) is 0.765. The molecule has 120 valence electrons. The van der Waals surface area contributed by atoms with Crippen LogP contribution in [0.2, 0.25) is 0 Å². The predicted octanol–water partition coefficient (Wildman–Crippen LogP) is 4.75. The molecule has 1 saturated carbocycles. The monoisotopic (exact) mass is 372 g/mol. The fourth-order valence-electron chi connectivity index (χ4n) is 3.52. The first-order valence-electron chi connectivity index (χ1n) is 8.15. The topological polar surface area (TPSA) is 15.3 Å². The molecule has 0 saturated heterocycles. The van der Waals surface area contributed by atoms with E-state index in [1.54, 1.807) is 11.3 Å². The molecule has 0 aliphatic heterocycles. The first kappa shape index (κ1) is 17.5. The van der Waals surface area contributed by atoms with E-state index in [1.807, 2.05) is 0 Å². The Labute approximate surface area is 142 Å². The zero-order valence-corrected chi connectivity index (χ0v) is 16.0. The number of halogens is 1. The minimum Gasteiger partial charge on any atom is -0.316 e. The summed E-state index contributed by atoms with van der Waals surface area (Å²) in [4.78, 5) is 2.52. The molecule has 0 unspecified atom stereocenters. The highest BCUT2D eigenvalue weighted by Crippen LogP contribution is 2.39. The van der Waals surface area contributed by atoms with E-state index in [1.165, 1.54) is 48.1 Å². The van der Waals surface area contributed by atoms with Gasteiger partial charge in [0.2, 0.25) is 0 Å². The average molecular weight is 373 g/mol. The van der Waals surface area contributed by atoms with Gasteiger partial charge in [-0.1, -0.05) is 26.7 Å². The van der Waals surface area contributed by atoms with Gasteiger partial charge in [0.1, 0.15) is 0 Å². The minimum atomic E-state index is 0.477. The molecule has 21 heavy (non-hydrogen) atoms. The number of hydrogen-bond acceptors (Lipinski definition) is 3. The van der Waals surface area contributed by atoms with Gasteiger partial charge in [-0.05, 0) is 70.7 Å². The van der Waals surface area contributed by atoms with E-state index in [4.69, 9.17) is 0 Å².